The van der Waals surface area contributed by atoms with Crippen molar-refractivity contribution < 1.29 is 9.21 Å². The molecule has 2 N–H and O–H groups in total. The van der Waals surface area contributed by atoms with Crippen LogP contribution < -0.4 is 5.32 Å². The number of hydrogen-bond donors (Lipinski definition) is 2. The van der Waals surface area contributed by atoms with Gasteiger partial charge in [0.05, 0.1) is 23.5 Å². The van der Waals surface area contributed by atoms with Crippen molar-refractivity contribution in [1.29, 1.82) is 5.26 Å². The van der Waals surface area contributed by atoms with Gasteiger partial charge in [-0.1, -0.05) is 6.92 Å². The van der Waals surface area contributed by atoms with Gasteiger partial charge < -0.3 is 19.6 Å². The number of pyridine rings is 1. The Hall–Kier alpha value is -3.34. The minimum absolute atomic E-state index is 0.0607. The average Bonchev–Trinajstić information content (AvgIpc) is 3.33. The fourth-order valence-electron chi connectivity index (χ4n) is 3.73. The molecule has 8 heteroatoms. The molecule has 4 heterocycles. The topological polar surface area (TPSA) is 111 Å². The van der Waals surface area contributed by atoms with Gasteiger partial charge in [0.15, 0.2) is 0 Å². The van der Waals surface area contributed by atoms with Crippen LogP contribution in [0.2, 0.25) is 0 Å². The summed E-state index contributed by atoms with van der Waals surface area (Å²) in [5.41, 5.74) is 2.43. The molecule has 0 aromatic carbocycles. The number of fused-ring (bicyclic) bond motifs is 1. The van der Waals surface area contributed by atoms with Crippen molar-refractivity contribution in [3.8, 4) is 17.5 Å². The molecule has 1 unspecified atom stereocenters. The Morgan fingerprint density at radius 2 is 2.37 bits per heavy atom. The molecule has 2 atom stereocenters. The van der Waals surface area contributed by atoms with Gasteiger partial charge in [-0.05, 0) is 18.4 Å². The maximum absolute atomic E-state index is 12.2. The molecular weight excluding hydrogens is 344 g/mol. The molecule has 0 aliphatic carbocycles. The van der Waals surface area contributed by atoms with Crippen LogP contribution in [-0.4, -0.2) is 44.9 Å². The van der Waals surface area contributed by atoms with Crippen LogP contribution in [0.1, 0.15) is 19.8 Å². The Morgan fingerprint density at radius 1 is 1.48 bits per heavy atom. The van der Waals surface area contributed by atoms with Crippen LogP contribution in [0.4, 0.5) is 5.69 Å². The quantitative estimate of drug-likeness (QED) is 0.736. The fourth-order valence-corrected chi connectivity index (χ4v) is 3.73. The van der Waals surface area contributed by atoms with Gasteiger partial charge in [0.25, 0.3) is 0 Å². The van der Waals surface area contributed by atoms with Crippen LogP contribution in [0.5, 0.6) is 0 Å². The van der Waals surface area contributed by atoms with Crippen molar-refractivity contribution in [1.82, 2.24) is 19.9 Å². The SMILES string of the molecule is C[C@@H]1CC(Nc2c(-c3ncco3)cnc3[nH]ccc23)CN(C(=O)CC#N)C1. The molecule has 1 aliphatic heterocycles. The van der Waals surface area contributed by atoms with E-state index in [-0.39, 0.29) is 18.4 Å². The predicted octanol–water partition coefficient (Wildman–Crippen LogP) is 2.78. The summed E-state index contributed by atoms with van der Waals surface area (Å²) < 4.78 is 5.49. The van der Waals surface area contributed by atoms with Gasteiger partial charge in [0.1, 0.15) is 18.3 Å². The number of carbonyl (C=O) groups is 1. The lowest BCUT2D eigenvalue weighted by Gasteiger charge is -2.37. The van der Waals surface area contributed by atoms with Crippen LogP contribution >= 0.6 is 0 Å². The summed E-state index contributed by atoms with van der Waals surface area (Å²) in [5, 5.41) is 13.4. The molecule has 3 aromatic rings. The first-order valence-corrected chi connectivity index (χ1v) is 8.93. The number of carbonyl (C=O) groups excluding carboxylic acids is 1. The van der Waals surface area contributed by atoms with Crippen LogP contribution in [-0.2, 0) is 4.79 Å². The smallest absolute Gasteiger partial charge is 0.236 e. The van der Waals surface area contributed by atoms with Crippen molar-refractivity contribution in [3.05, 3.63) is 30.9 Å². The largest absolute Gasteiger partial charge is 0.444 e. The lowest BCUT2D eigenvalue weighted by Crippen LogP contribution is -2.48. The number of oxazole rings is 1. The van der Waals surface area contributed by atoms with E-state index in [0.29, 0.717) is 24.9 Å². The fraction of sp³-hybridized carbons (Fsp3) is 0.368. The highest BCUT2D eigenvalue weighted by Crippen LogP contribution is 2.34. The van der Waals surface area contributed by atoms with Gasteiger partial charge >= 0.3 is 0 Å². The Morgan fingerprint density at radius 3 is 3.15 bits per heavy atom. The Labute approximate surface area is 156 Å². The molecule has 0 spiro atoms. The number of aromatic amines is 1. The van der Waals surface area contributed by atoms with Crippen molar-refractivity contribution >= 4 is 22.6 Å². The van der Waals surface area contributed by atoms with Crippen LogP contribution in [0.25, 0.3) is 22.5 Å². The summed E-state index contributed by atoms with van der Waals surface area (Å²) in [7, 11) is 0. The number of nitriles is 1. The summed E-state index contributed by atoms with van der Waals surface area (Å²) in [6, 6.07) is 3.97. The number of nitrogens with zero attached hydrogens (tertiary/aromatic N) is 4. The van der Waals surface area contributed by atoms with Crippen LogP contribution in [0, 0.1) is 17.2 Å². The molecule has 1 amide bonds. The Bertz CT molecular complexity index is 987. The van der Waals surface area contributed by atoms with Crippen molar-refractivity contribution in [2.75, 3.05) is 18.4 Å². The molecule has 138 valence electrons. The molecule has 1 fully saturated rings. The zero-order chi connectivity index (χ0) is 18.8. The third kappa shape index (κ3) is 3.36. The van der Waals surface area contributed by atoms with Gasteiger partial charge in [0, 0.05) is 36.9 Å². The number of piperidine rings is 1. The number of H-pyrrole nitrogens is 1. The second-order valence-corrected chi connectivity index (χ2v) is 6.94. The normalized spacial score (nSPS) is 19.8. The van der Waals surface area contributed by atoms with Gasteiger partial charge in [-0.2, -0.15) is 5.26 Å². The van der Waals surface area contributed by atoms with E-state index < -0.39 is 0 Å². The molecule has 0 radical (unpaired) electrons. The number of rotatable bonds is 4. The third-order valence-electron chi connectivity index (χ3n) is 4.84. The molecular formula is C19H20N6O2. The predicted molar refractivity (Wildman–Crippen MR) is 99.6 cm³/mol. The number of amides is 1. The molecule has 1 saturated heterocycles. The lowest BCUT2D eigenvalue weighted by molar-refractivity contribution is -0.132. The van der Waals surface area contributed by atoms with Crippen molar-refractivity contribution in [2.24, 2.45) is 5.92 Å². The Kier molecular flexibility index (Phi) is 4.50. The van der Waals surface area contributed by atoms with E-state index >= 15 is 0 Å². The second-order valence-electron chi connectivity index (χ2n) is 6.94. The molecule has 0 bridgehead atoms. The van der Waals surface area contributed by atoms with Gasteiger partial charge in [0.2, 0.25) is 11.8 Å². The first kappa shape index (κ1) is 17.1. The third-order valence-corrected chi connectivity index (χ3v) is 4.84. The van der Waals surface area contributed by atoms with E-state index in [9.17, 15) is 4.79 Å². The van der Waals surface area contributed by atoms with E-state index in [1.54, 1.807) is 17.3 Å². The molecule has 0 saturated carbocycles. The van der Waals surface area contributed by atoms with Gasteiger partial charge in [-0.25, -0.2) is 9.97 Å². The maximum atomic E-state index is 12.2. The average molecular weight is 364 g/mol. The highest BCUT2D eigenvalue weighted by Gasteiger charge is 2.29. The van der Waals surface area contributed by atoms with E-state index in [1.165, 1.54) is 6.26 Å². The summed E-state index contributed by atoms with van der Waals surface area (Å²) in [5.74, 6) is 0.715. The summed E-state index contributed by atoms with van der Waals surface area (Å²) in [6.07, 6.45) is 7.55. The number of hydrogen-bond acceptors (Lipinski definition) is 6. The van der Waals surface area contributed by atoms with E-state index in [2.05, 4.69) is 27.2 Å². The first-order valence-electron chi connectivity index (χ1n) is 8.93. The highest BCUT2D eigenvalue weighted by molar-refractivity contribution is 5.97. The summed E-state index contributed by atoms with van der Waals surface area (Å²) in [6.45, 7) is 3.36. The maximum Gasteiger partial charge on any atom is 0.236 e. The molecule has 4 rings (SSSR count). The van der Waals surface area contributed by atoms with Gasteiger partial charge in [-0.3, -0.25) is 4.79 Å². The molecule has 3 aromatic heterocycles. The minimum atomic E-state index is -0.120. The van der Waals surface area contributed by atoms with Gasteiger partial charge in [-0.15, -0.1) is 0 Å². The Balaban J connectivity index is 1.66. The van der Waals surface area contributed by atoms with Crippen LogP contribution in [0.3, 0.4) is 0 Å². The number of nitrogens with one attached hydrogen (secondary N) is 2. The zero-order valence-corrected chi connectivity index (χ0v) is 15.0. The van der Waals surface area contributed by atoms with E-state index in [1.807, 2.05) is 18.3 Å². The zero-order valence-electron chi connectivity index (χ0n) is 15.0. The van der Waals surface area contributed by atoms with Crippen molar-refractivity contribution in [3.63, 3.8) is 0 Å². The van der Waals surface area contributed by atoms with Crippen molar-refractivity contribution in [2.45, 2.75) is 25.8 Å². The number of aromatic nitrogens is 3. The minimum Gasteiger partial charge on any atom is -0.444 e. The molecule has 27 heavy (non-hydrogen) atoms. The van der Waals surface area contributed by atoms with E-state index in [4.69, 9.17) is 9.68 Å². The number of anilines is 1. The summed E-state index contributed by atoms with van der Waals surface area (Å²) in [4.78, 5) is 25.8. The molecule has 8 nitrogen and oxygen atoms in total. The summed E-state index contributed by atoms with van der Waals surface area (Å²) >= 11 is 0. The molecule has 1 aliphatic rings. The monoisotopic (exact) mass is 364 g/mol. The van der Waals surface area contributed by atoms with Crippen LogP contribution in [0.15, 0.2) is 35.3 Å². The highest BCUT2D eigenvalue weighted by atomic mass is 16.3. The van der Waals surface area contributed by atoms with E-state index in [0.717, 1.165) is 28.7 Å². The first-order chi connectivity index (χ1) is 13.2. The number of likely N-dealkylation sites (tertiary alicyclic amines) is 1. The lowest BCUT2D eigenvalue weighted by atomic mass is 9.95. The standard InChI is InChI=1S/C19H20N6O2/c1-12-8-13(11-25(10-12)16(26)2-4-20)24-17-14-3-5-21-18(14)23-9-15(17)19-22-6-7-27-19/h3,5-7,9,12-13H,2,8,10-11H2,1H3,(H2,21,23,24)/t12-,13?/m1/s1. The second kappa shape index (κ2) is 7.11.